The van der Waals surface area contributed by atoms with Gasteiger partial charge in [-0.05, 0) is 5.41 Å². The van der Waals surface area contributed by atoms with Crippen LogP contribution in [0.2, 0.25) is 0 Å². The summed E-state index contributed by atoms with van der Waals surface area (Å²) in [7, 11) is 0. The maximum absolute atomic E-state index is 12.9. The van der Waals surface area contributed by atoms with Crippen molar-refractivity contribution < 1.29 is 4.79 Å². The first-order valence-electron chi connectivity index (χ1n) is 9.37. The molecule has 0 aromatic rings. The summed E-state index contributed by atoms with van der Waals surface area (Å²) in [6.07, 6.45) is 0. The normalized spacial score (nSPS) is 35.3. The average Bonchev–Trinajstić information content (AvgIpc) is 2.63. The maximum atomic E-state index is 12.9. The van der Waals surface area contributed by atoms with E-state index in [0.717, 1.165) is 42.7 Å². The standard InChI is InChI=1S/C17H31N5OS3/c1-16-10-24-5-2-18-8-17(9-19-3-6-25-11-16)14(20-4-7-26-12-16)21-13-22-15(17)23/h18-19H,2-13H2,1H3,(H,20,21)(H,22,23). The molecule has 0 radical (unpaired) electrons. The van der Waals surface area contributed by atoms with E-state index < -0.39 is 5.41 Å². The lowest BCUT2D eigenvalue weighted by Gasteiger charge is -2.38. The summed E-state index contributed by atoms with van der Waals surface area (Å²) < 4.78 is 0. The number of aliphatic imine (C=N–C) groups is 1. The summed E-state index contributed by atoms with van der Waals surface area (Å²) in [5.74, 6) is 7.72. The Labute approximate surface area is 169 Å². The van der Waals surface area contributed by atoms with Crippen molar-refractivity contribution in [2.75, 3.05) is 73.9 Å². The number of amides is 1. The summed E-state index contributed by atoms with van der Waals surface area (Å²) in [4.78, 5) is 17.5. The lowest BCUT2D eigenvalue weighted by Crippen LogP contribution is -2.63. The van der Waals surface area contributed by atoms with Crippen LogP contribution in [0, 0.1) is 10.8 Å². The Morgan fingerprint density at radius 1 is 0.885 bits per heavy atom. The third kappa shape index (κ3) is 5.25. The maximum Gasteiger partial charge on any atom is 0.237 e. The Kier molecular flexibility index (Phi) is 7.87. The number of hydrogen-bond acceptors (Lipinski definition) is 8. The van der Waals surface area contributed by atoms with Gasteiger partial charge in [0.2, 0.25) is 5.91 Å². The number of thioether (sulfide) groups is 3. The fourth-order valence-corrected chi connectivity index (χ4v) is 7.18. The Balaban J connectivity index is 1.83. The summed E-state index contributed by atoms with van der Waals surface area (Å²) in [6, 6.07) is 0. The van der Waals surface area contributed by atoms with E-state index in [0.29, 0.717) is 25.2 Å². The number of hydrogen-bond donors (Lipinski definition) is 4. The number of amidine groups is 1. The Morgan fingerprint density at radius 3 is 2.08 bits per heavy atom. The fraction of sp³-hybridized carbons (Fsp3) is 0.882. The second kappa shape index (κ2) is 9.91. The minimum atomic E-state index is -0.638. The molecule has 2 bridgehead atoms. The molecule has 0 unspecified atom stereocenters. The van der Waals surface area contributed by atoms with E-state index in [2.05, 4.69) is 33.2 Å². The van der Waals surface area contributed by atoms with Crippen molar-refractivity contribution >= 4 is 47.0 Å². The molecule has 1 amide bonds. The highest BCUT2D eigenvalue weighted by atomic mass is 32.2. The van der Waals surface area contributed by atoms with E-state index in [1.165, 1.54) is 17.3 Å². The van der Waals surface area contributed by atoms with Crippen LogP contribution in [0.1, 0.15) is 6.92 Å². The first kappa shape index (κ1) is 20.6. The molecule has 4 rings (SSSR count). The van der Waals surface area contributed by atoms with E-state index in [-0.39, 0.29) is 5.91 Å². The first-order chi connectivity index (χ1) is 12.6. The van der Waals surface area contributed by atoms with Crippen molar-refractivity contribution in [3.8, 4) is 0 Å². The van der Waals surface area contributed by atoms with E-state index in [1.807, 2.05) is 35.3 Å². The van der Waals surface area contributed by atoms with Gasteiger partial charge < -0.3 is 21.3 Å². The molecule has 3 saturated heterocycles. The summed E-state index contributed by atoms with van der Waals surface area (Å²) in [5.41, 5.74) is -0.263. The third-order valence-electron chi connectivity index (χ3n) is 4.96. The van der Waals surface area contributed by atoms with Crippen molar-refractivity contribution in [2.45, 2.75) is 6.92 Å². The molecule has 1 spiro atoms. The van der Waals surface area contributed by atoms with Gasteiger partial charge in [0.05, 0.1) is 0 Å². The minimum absolute atomic E-state index is 0.0784. The average molecular weight is 418 g/mol. The van der Waals surface area contributed by atoms with Gasteiger partial charge in [0.1, 0.15) is 17.9 Å². The number of fused-ring (bicyclic) bond motifs is 14. The van der Waals surface area contributed by atoms with Crippen LogP contribution in [0.4, 0.5) is 0 Å². The van der Waals surface area contributed by atoms with Gasteiger partial charge >= 0.3 is 0 Å². The highest BCUT2D eigenvalue weighted by molar-refractivity contribution is 8.01. The fourth-order valence-electron chi connectivity index (χ4n) is 3.45. The van der Waals surface area contributed by atoms with Crippen LogP contribution in [0.3, 0.4) is 0 Å². The Bertz CT molecular complexity index is 501. The number of carbonyl (C=O) groups is 1. The molecule has 0 aromatic carbocycles. The molecule has 26 heavy (non-hydrogen) atoms. The zero-order valence-corrected chi connectivity index (χ0v) is 18.0. The molecule has 4 aliphatic heterocycles. The van der Waals surface area contributed by atoms with Gasteiger partial charge in [0, 0.05) is 67.2 Å². The van der Waals surface area contributed by atoms with Gasteiger partial charge in [-0.25, -0.2) is 0 Å². The molecule has 4 heterocycles. The van der Waals surface area contributed by atoms with Crippen molar-refractivity contribution in [1.82, 2.24) is 21.3 Å². The second-order valence-electron chi connectivity index (χ2n) is 7.50. The molecular formula is C17H31N5OS3. The van der Waals surface area contributed by atoms with Crippen molar-refractivity contribution in [2.24, 2.45) is 15.8 Å². The van der Waals surface area contributed by atoms with Crippen molar-refractivity contribution in [1.29, 1.82) is 0 Å². The lowest BCUT2D eigenvalue weighted by molar-refractivity contribution is -0.127. The van der Waals surface area contributed by atoms with Gasteiger partial charge in [0.25, 0.3) is 0 Å². The quantitative estimate of drug-likeness (QED) is 0.456. The molecule has 4 N–H and O–H groups in total. The molecule has 0 saturated carbocycles. The number of rotatable bonds is 0. The van der Waals surface area contributed by atoms with Crippen LogP contribution in [0.15, 0.2) is 4.99 Å². The Hall–Kier alpha value is -0.0900. The van der Waals surface area contributed by atoms with Crippen LogP contribution < -0.4 is 21.3 Å². The number of carbonyl (C=O) groups excluding carboxylic acids is 1. The summed E-state index contributed by atoms with van der Waals surface area (Å²) >= 11 is 6.11. The molecule has 0 aromatic heterocycles. The van der Waals surface area contributed by atoms with Crippen molar-refractivity contribution in [3.05, 3.63) is 0 Å². The van der Waals surface area contributed by atoms with Gasteiger partial charge in [-0.2, -0.15) is 35.3 Å². The highest BCUT2D eigenvalue weighted by Crippen LogP contribution is 2.31. The molecule has 0 atom stereocenters. The molecule has 3 fully saturated rings. The molecule has 4 aliphatic rings. The summed E-state index contributed by atoms with van der Waals surface area (Å²) in [6.45, 7) is 6.75. The molecule has 148 valence electrons. The zero-order chi connectivity index (χ0) is 18.3. The van der Waals surface area contributed by atoms with Crippen LogP contribution in [0.25, 0.3) is 0 Å². The van der Waals surface area contributed by atoms with E-state index in [1.54, 1.807) is 0 Å². The monoisotopic (exact) mass is 417 g/mol. The van der Waals surface area contributed by atoms with Gasteiger partial charge in [0.15, 0.2) is 0 Å². The van der Waals surface area contributed by atoms with Crippen LogP contribution in [-0.2, 0) is 4.79 Å². The van der Waals surface area contributed by atoms with Crippen LogP contribution in [-0.4, -0.2) is 85.7 Å². The molecule has 6 nitrogen and oxygen atoms in total. The first-order valence-corrected chi connectivity index (χ1v) is 12.8. The van der Waals surface area contributed by atoms with Crippen molar-refractivity contribution in [3.63, 3.8) is 0 Å². The van der Waals surface area contributed by atoms with E-state index >= 15 is 0 Å². The zero-order valence-electron chi connectivity index (χ0n) is 15.6. The molecular weight excluding hydrogens is 386 g/mol. The molecule has 0 aliphatic carbocycles. The predicted molar refractivity (Wildman–Crippen MR) is 117 cm³/mol. The number of nitrogens with zero attached hydrogens (tertiary/aromatic N) is 1. The lowest BCUT2D eigenvalue weighted by atomic mass is 9.83. The van der Waals surface area contributed by atoms with E-state index in [4.69, 9.17) is 0 Å². The van der Waals surface area contributed by atoms with Crippen LogP contribution >= 0.6 is 35.3 Å². The Morgan fingerprint density at radius 2 is 1.46 bits per heavy atom. The SMILES string of the molecule is CC12CSCCNCC3(CNCCSC1)C(=O)NCN=C3NCCSC2. The highest BCUT2D eigenvalue weighted by Gasteiger charge is 2.45. The second-order valence-corrected chi connectivity index (χ2v) is 10.8. The predicted octanol–water partition coefficient (Wildman–Crippen LogP) is 0.461. The van der Waals surface area contributed by atoms with Gasteiger partial charge in [-0.1, -0.05) is 6.92 Å². The third-order valence-corrected chi connectivity index (χ3v) is 9.14. The van der Waals surface area contributed by atoms with Crippen LogP contribution in [0.5, 0.6) is 0 Å². The largest absolute Gasteiger partial charge is 0.372 e. The van der Waals surface area contributed by atoms with E-state index in [9.17, 15) is 4.79 Å². The number of nitrogens with one attached hydrogen (secondary N) is 4. The minimum Gasteiger partial charge on any atom is -0.372 e. The topological polar surface area (TPSA) is 77.5 Å². The van der Waals surface area contributed by atoms with Gasteiger partial charge in [-0.15, -0.1) is 0 Å². The van der Waals surface area contributed by atoms with Gasteiger partial charge in [-0.3, -0.25) is 9.79 Å². The summed E-state index contributed by atoms with van der Waals surface area (Å²) in [5, 5.41) is 13.5. The molecule has 9 heteroatoms. The smallest absolute Gasteiger partial charge is 0.237 e.